The van der Waals surface area contributed by atoms with Gasteiger partial charge in [0, 0.05) is 41.9 Å². The van der Waals surface area contributed by atoms with E-state index in [1.54, 1.807) is 36.5 Å². The predicted octanol–water partition coefficient (Wildman–Crippen LogP) is 0.148. The Bertz CT molecular complexity index is 319. The van der Waals surface area contributed by atoms with E-state index in [9.17, 15) is 9.70 Å². The van der Waals surface area contributed by atoms with Gasteiger partial charge in [-0.3, -0.25) is 4.79 Å². The van der Waals surface area contributed by atoms with Crippen molar-refractivity contribution in [1.82, 2.24) is 0 Å². The zero-order chi connectivity index (χ0) is 9.84. The highest BCUT2D eigenvalue weighted by Gasteiger charge is 2.05. The van der Waals surface area contributed by atoms with E-state index in [1.807, 2.05) is 0 Å². The molecule has 4 nitrogen and oxygen atoms in total. The van der Waals surface area contributed by atoms with E-state index in [-0.39, 0.29) is 5.91 Å². The van der Waals surface area contributed by atoms with Crippen LogP contribution in [0.1, 0.15) is 6.92 Å². The van der Waals surface area contributed by atoms with Crippen LogP contribution in [-0.4, -0.2) is 13.0 Å². The molecule has 1 N–H and O–H groups in total. The first kappa shape index (κ1) is 9.38. The largest absolute Gasteiger partial charge is 0.316 e. The molecular formula is C9H11N2O2+. The highest BCUT2D eigenvalue weighted by Crippen LogP contribution is 2.13. The van der Waals surface area contributed by atoms with E-state index in [0.29, 0.717) is 5.69 Å². The van der Waals surface area contributed by atoms with Gasteiger partial charge >= 0.3 is 0 Å². The summed E-state index contributed by atoms with van der Waals surface area (Å²) in [5.74, 6) is -0.0390. The number of anilines is 1. The Morgan fingerprint density at radius 3 is 2.23 bits per heavy atom. The quantitative estimate of drug-likeness (QED) is 0.702. The Morgan fingerprint density at radius 1 is 1.31 bits per heavy atom. The molecule has 0 aliphatic carbocycles. The maximum absolute atomic E-state index is 10.9. The van der Waals surface area contributed by atoms with Crippen molar-refractivity contribution in [3.05, 3.63) is 29.2 Å². The molecule has 0 atom stereocenters. The van der Waals surface area contributed by atoms with Crippen LogP contribution in [0.2, 0.25) is 0 Å². The Hall–Kier alpha value is -1.71. The maximum Gasteiger partial charge on any atom is 0.253 e. The lowest BCUT2D eigenvalue weighted by atomic mass is 10.2. The fourth-order valence-corrected chi connectivity index (χ4v) is 0.935. The van der Waals surface area contributed by atoms with Crippen molar-refractivity contribution in [3.63, 3.8) is 0 Å². The number of nitrogens with zero attached hydrogens (tertiary/aromatic N) is 1. The molecule has 0 bridgehead atoms. The van der Waals surface area contributed by atoms with Crippen LogP contribution < -0.4 is 10.1 Å². The average molecular weight is 179 g/mol. The molecule has 1 amide bonds. The number of rotatable bonds is 2. The minimum atomic E-state index is -0.0390. The second-order valence-electron chi connectivity index (χ2n) is 2.73. The van der Waals surface area contributed by atoms with Crippen LogP contribution in [0.25, 0.3) is 0 Å². The number of hydrogen-bond acceptors (Lipinski definition) is 2. The third kappa shape index (κ3) is 2.11. The molecule has 0 radical (unpaired) electrons. The molecule has 4 heteroatoms. The molecule has 1 rings (SSSR count). The Balaban J connectivity index is 2.91. The summed E-state index contributed by atoms with van der Waals surface area (Å²) in [4.78, 5) is 22.7. The van der Waals surface area contributed by atoms with Gasteiger partial charge in [0.25, 0.3) is 5.69 Å². The second kappa shape index (κ2) is 3.80. The van der Waals surface area contributed by atoms with Gasteiger partial charge in [-0.25, -0.2) is 0 Å². The van der Waals surface area contributed by atoms with E-state index in [0.717, 1.165) is 5.69 Å². The SMILES string of the molecule is CC(=O)N(C)c1ccc([NH+]=O)cc1. The molecular weight excluding hydrogens is 168 g/mol. The zero-order valence-corrected chi connectivity index (χ0v) is 7.57. The van der Waals surface area contributed by atoms with E-state index >= 15 is 0 Å². The standard InChI is InChI=1S/C9H10N2O2/c1-7(12)11(2)9-5-3-8(10-13)4-6-9/h3-6H,1-2H3/p+1. The summed E-state index contributed by atoms with van der Waals surface area (Å²) in [5.41, 5.74) is 1.26. The van der Waals surface area contributed by atoms with Crippen molar-refractivity contribution >= 4 is 17.3 Å². The Morgan fingerprint density at radius 2 is 1.85 bits per heavy atom. The van der Waals surface area contributed by atoms with Crippen LogP contribution in [0.5, 0.6) is 0 Å². The van der Waals surface area contributed by atoms with Crippen molar-refractivity contribution in [1.29, 1.82) is 0 Å². The van der Waals surface area contributed by atoms with E-state index in [4.69, 9.17) is 0 Å². The monoisotopic (exact) mass is 179 g/mol. The summed E-state index contributed by atoms with van der Waals surface area (Å²) in [7, 11) is 1.68. The summed E-state index contributed by atoms with van der Waals surface area (Å²) in [6.07, 6.45) is 0. The summed E-state index contributed by atoms with van der Waals surface area (Å²) in [6.45, 7) is 1.49. The fraction of sp³-hybridized carbons (Fsp3) is 0.222. The summed E-state index contributed by atoms with van der Waals surface area (Å²) in [6, 6.07) is 6.67. The zero-order valence-electron chi connectivity index (χ0n) is 7.57. The Kier molecular flexibility index (Phi) is 2.74. The smallest absolute Gasteiger partial charge is 0.253 e. The first-order valence-electron chi connectivity index (χ1n) is 3.87. The molecule has 0 aliphatic heterocycles. The number of nitroso groups, excluding NO2 is 1. The fourth-order valence-electron chi connectivity index (χ4n) is 0.935. The lowest BCUT2D eigenvalue weighted by Gasteiger charge is -2.13. The minimum absolute atomic E-state index is 0.0390. The lowest BCUT2D eigenvalue weighted by Crippen LogP contribution is -2.55. The van der Waals surface area contributed by atoms with Crippen LogP contribution >= 0.6 is 0 Å². The molecule has 1 aromatic rings. The molecule has 0 aromatic heterocycles. The third-order valence-corrected chi connectivity index (χ3v) is 1.84. The highest BCUT2D eigenvalue weighted by molar-refractivity contribution is 5.90. The van der Waals surface area contributed by atoms with Crippen molar-refractivity contribution in [3.8, 4) is 0 Å². The van der Waals surface area contributed by atoms with Crippen molar-refractivity contribution < 1.29 is 9.97 Å². The van der Waals surface area contributed by atoms with Gasteiger partial charge in [-0.15, -0.1) is 0 Å². The van der Waals surface area contributed by atoms with Crippen molar-refractivity contribution in [2.24, 2.45) is 0 Å². The van der Waals surface area contributed by atoms with Gasteiger partial charge in [0.2, 0.25) is 5.91 Å². The van der Waals surface area contributed by atoms with Gasteiger partial charge < -0.3 is 4.90 Å². The molecule has 0 aliphatic rings. The average Bonchev–Trinajstić information content (AvgIpc) is 2.17. The highest BCUT2D eigenvalue weighted by atomic mass is 16.3. The van der Waals surface area contributed by atoms with E-state index in [1.165, 1.54) is 11.8 Å². The van der Waals surface area contributed by atoms with E-state index in [2.05, 4.69) is 0 Å². The number of hydrogen-bond donors (Lipinski definition) is 1. The molecule has 0 unspecified atom stereocenters. The van der Waals surface area contributed by atoms with Crippen LogP contribution in [0.3, 0.4) is 0 Å². The van der Waals surface area contributed by atoms with Crippen LogP contribution in [0, 0.1) is 4.91 Å². The van der Waals surface area contributed by atoms with Crippen molar-refractivity contribution in [2.45, 2.75) is 6.92 Å². The van der Waals surface area contributed by atoms with E-state index < -0.39 is 0 Å². The number of amides is 1. The van der Waals surface area contributed by atoms with Gasteiger partial charge in [0.1, 0.15) is 0 Å². The van der Waals surface area contributed by atoms with Crippen LogP contribution in [-0.2, 0) is 4.79 Å². The normalized spacial score (nSPS) is 9.38. The second-order valence-corrected chi connectivity index (χ2v) is 2.73. The van der Waals surface area contributed by atoms with Crippen LogP contribution in [0.4, 0.5) is 11.4 Å². The topological polar surface area (TPSA) is 51.4 Å². The molecule has 0 heterocycles. The third-order valence-electron chi connectivity index (χ3n) is 1.84. The summed E-state index contributed by atoms with van der Waals surface area (Å²) < 4.78 is 0. The molecule has 0 saturated heterocycles. The number of carbonyl (C=O) groups is 1. The number of nitrogens with one attached hydrogen (secondary N) is 1. The molecule has 0 spiro atoms. The van der Waals surface area contributed by atoms with Gasteiger partial charge in [-0.1, -0.05) is 0 Å². The van der Waals surface area contributed by atoms with Gasteiger partial charge in [0.15, 0.2) is 0 Å². The maximum atomic E-state index is 10.9. The molecule has 1 aromatic carbocycles. The Labute approximate surface area is 76.1 Å². The van der Waals surface area contributed by atoms with Gasteiger partial charge in [0.05, 0.1) is 0 Å². The molecule has 13 heavy (non-hydrogen) atoms. The first-order chi connectivity index (χ1) is 6.15. The molecule has 68 valence electrons. The first-order valence-corrected chi connectivity index (χ1v) is 3.87. The van der Waals surface area contributed by atoms with Crippen LogP contribution in [0.15, 0.2) is 24.3 Å². The van der Waals surface area contributed by atoms with Crippen molar-refractivity contribution in [2.75, 3.05) is 11.9 Å². The summed E-state index contributed by atoms with van der Waals surface area (Å²) >= 11 is 0. The number of carbonyl (C=O) groups excluding carboxylic acids is 1. The predicted molar refractivity (Wildman–Crippen MR) is 49.5 cm³/mol. The molecule has 0 saturated carbocycles. The lowest BCUT2D eigenvalue weighted by molar-refractivity contribution is -0.379. The number of benzene rings is 1. The minimum Gasteiger partial charge on any atom is -0.316 e. The van der Waals surface area contributed by atoms with Gasteiger partial charge in [-0.2, -0.15) is 0 Å². The molecule has 0 fully saturated rings. The van der Waals surface area contributed by atoms with Gasteiger partial charge in [-0.05, 0) is 12.1 Å². The summed E-state index contributed by atoms with van der Waals surface area (Å²) in [5, 5.41) is 1.77.